The molecule has 4 heteroatoms. The van der Waals surface area contributed by atoms with Crippen LogP contribution in [0.3, 0.4) is 0 Å². The van der Waals surface area contributed by atoms with Gasteiger partial charge in [-0.15, -0.1) is 0 Å². The first-order valence-electron chi connectivity index (χ1n) is 17.3. The zero-order chi connectivity index (χ0) is 32.1. The van der Waals surface area contributed by atoms with Gasteiger partial charge in [0.25, 0.3) is 0 Å². The minimum absolute atomic E-state index is 0.356. The molecule has 4 fully saturated rings. The first kappa shape index (κ1) is 28.8. The molecule has 5 aromatic carbocycles. The minimum Gasteiger partial charge on any atom is -0.208 e. The highest BCUT2D eigenvalue weighted by Crippen LogP contribution is 2.60. The summed E-state index contributed by atoms with van der Waals surface area (Å²) in [5.41, 5.74) is 9.73. The van der Waals surface area contributed by atoms with Crippen molar-refractivity contribution in [1.29, 1.82) is 5.26 Å². The van der Waals surface area contributed by atoms with Crippen LogP contribution in [0.2, 0.25) is 0 Å². The molecular weight excluding hydrogens is 585 g/mol. The summed E-state index contributed by atoms with van der Waals surface area (Å²) in [6.45, 7) is 0. The maximum atomic E-state index is 9.42. The molecule has 4 bridgehead atoms. The molecule has 0 amide bonds. The summed E-state index contributed by atoms with van der Waals surface area (Å²) < 4.78 is 0. The van der Waals surface area contributed by atoms with E-state index in [0.29, 0.717) is 28.5 Å². The van der Waals surface area contributed by atoms with Gasteiger partial charge in [0.05, 0.1) is 11.6 Å². The van der Waals surface area contributed by atoms with Crippen molar-refractivity contribution >= 4 is 0 Å². The lowest BCUT2D eigenvalue weighted by atomic mass is 9.48. The molecule has 0 aliphatic heterocycles. The van der Waals surface area contributed by atoms with Crippen LogP contribution in [0.25, 0.3) is 56.4 Å². The molecule has 1 heterocycles. The molecule has 10 rings (SSSR count). The standard InChI is InChI=1S/C44H36N4/c45-28-29-11-13-34(14-12-29)40-24-37(17-20-39(40)33-7-3-1-4-8-33)43-47-41(35-9-5-2-6-10-35)46-42(48-43)36-15-18-38(19-16-36)44-25-30-21-31(26-44)23-32(22-30)27-44/h1-20,24,30-32H,21-23,25-27H2/t30-,31+,32-,44?. The summed E-state index contributed by atoms with van der Waals surface area (Å²) in [6.07, 6.45) is 8.41. The molecule has 232 valence electrons. The highest BCUT2D eigenvalue weighted by molar-refractivity contribution is 5.86. The number of nitriles is 1. The molecule has 0 unspecified atom stereocenters. The first-order valence-corrected chi connectivity index (χ1v) is 17.3. The second-order valence-corrected chi connectivity index (χ2v) is 14.3. The van der Waals surface area contributed by atoms with Crippen molar-refractivity contribution in [1.82, 2.24) is 15.0 Å². The van der Waals surface area contributed by atoms with E-state index in [2.05, 4.69) is 84.9 Å². The van der Waals surface area contributed by atoms with Crippen LogP contribution in [-0.2, 0) is 5.41 Å². The molecule has 4 nitrogen and oxygen atoms in total. The Kier molecular flexibility index (Phi) is 7.01. The Bertz CT molecular complexity index is 2110. The fraction of sp³-hybridized carbons (Fsp3) is 0.227. The normalized spacial score (nSPS) is 22.4. The van der Waals surface area contributed by atoms with E-state index < -0.39 is 0 Å². The molecule has 0 radical (unpaired) electrons. The summed E-state index contributed by atoms with van der Waals surface area (Å²) in [4.78, 5) is 15.2. The van der Waals surface area contributed by atoms with Crippen LogP contribution in [0.1, 0.15) is 49.7 Å². The number of benzene rings is 5. The Morgan fingerprint density at radius 3 is 1.50 bits per heavy atom. The lowest BCUT2D eigenvalue weighted by Gasteiger charge is -2.57. The average molecular weight is 621 g/mol. The molecule has 0 atom stereocenters. The predicted molar refractivity (Wildman–Crippen MR) is 192 cm³/mol. The number of rotatable bonds is 6. The van der Waals surface area contributed by atoms with Crippen LogP contribution in [0.15, 0.2) is 127 Å². The first-order chi connectivity index (χ1) is 23.6. The fourth-order valence-electron chi connectivity index (χ4n) is 9.30. The van der Waals surface area contributed by atoms with Crippen LogP contribution in [0, 0.1) is 29.1 Å². The molecule has 4 aliphatic carbocycles. The van der Waals surface area contributed by atoms with E-state index in [-0.39, 0.29) is 0 Å². The molecular formula is C44H36N4. The Morgan fingerprint density at radius 1 is 0.479 bits per heavy atom. The van der Waals surface area contributed by atoms with Gasteiger partial charge in [-0.2, -0.15) is 5.26 Å². The van der Waals surface area contributed by atoms with Crippen molar-refractivity contribution in [2.75, 3.05) is 0 Å². The van der Waals surface area contributed by atoms with E-state index >= 15 is 0 Å². The molecule has 0 N–H and O–H groups in total. The topological polar surface area (TPSA) is 62.5 Å². The van der Waals surface area contributed by atoms with Gasteiger partial charge in [0.15, 0.2) is 17.5 Å². The van der Waals surface area contributed by atoms with Crippen molar-refractivity contribution in [3.63, 3.8) is 0 Å². The van der Waals surface area contributed by atoms with Crippen molar-refractivity contribution in [2.45, 2.75) is 43.9 Å². The van der Waals surface area contributed by atoms with Gasteiger partial charge in [-0.3, -0.25) is 0 Å². The van der Waals surface area contributed by atoms with Crippen molar-refractivity contribution < 1.29 is 0 Å². The van der Waals surface area contributed by atoms with Gasteiger partial charge < -0.3 is 0 Å². The highest BCUT2D eigenvalue weighted by atomic mass is 15.0. The van der Waals surface area contributed by atoms with Crippen LogP contribution in [0.5, 0.6) is 0 Å². The summed E-state index contributed by atoms with van der Waals surface area (Å²) in [5, 5.41) is 9.42. The van der Waals surface area contributed by atoms with Gasteiger partial charge in [-0.1, -0.05) is 109 Å². The quantitative estimate of drug-likeness (QED) is 0.186. The number of hydrogen-bond acceptors (Lipinski definition) is 4. The predicted octanol–water partition coefficient (Wildman–Crippen LogP) is 10.5. The molecule has 48 heavy (non-hydrogen) atoms. The van der Waals surface area contributed by atoms with Gasteiger partial charge >= 0.3 is 0 Å². The summed E-state index contributed by atoms with van der Waals surface area (Å²) in [7, 11) is 0. The van der Waals surface area contributed by atoms with E-state index in [9.17, 15) is 5.26 Å². The second kappa shape index (κ2) is 11.7. The third-order valence-electron chi connectivity index (χ3n) is 11.1. The van der Waals surface area contributed by atoms with Gasteiger partial charge in [0.2, 0.25) is 0 Å². The Morgan fingerprint density at radius 2 is 0.938 bits per heavy atom. The van der Waals surface area contributed by atoms with E-state index in [1.54, 1.807) is 0 Å². The van der Waals surface area contributed by atoms with Gasteiger partial charge in [0.1, 0.15) is 0 Å². The molecule has 0 saturated heterocycles. The maximum Gasteiger partial charge on any atom is 0.164 e. The van der Waals surface area contributed by atoms with Gasteiger partial charge in [0, 0.05) is 16.7 Å². The van der Waals surface area contributed by atoms with E-state index in [1.807, 2.05) is 48.5 Å². The third kappa shape index (κ3) is 5.20. The van der Waals surface area contributed by atoms with Crippen molar-refractivity contribution in [3.05, 3.63) is 139 Å². The molecule has 4 saturated carbocycles. The van der Waals surface area contributed by atoms with Crippen LogP contribution >= 0.6 is 0 Å². The maximum absolute atomic E-state index is 9.42. The summed E-state index contributed by atoms with van der Waals surface area (Å²) in [5.74, 6) is 4.73. The van der Waals surface area contributed by atoms with Crippen LogP contribution < -0.4 is 0 Å². The SMILES string of the molecule is N#Cc1ccc(-c2cc(-c3nc(-c4ccccc4)nc(-c4ccc(C56C[C@H]7C[C@@H](C5)C[C@@H](C6)C7)cc4)n3)ccc2-c2ccccc2)cc1. The minimum atomic E-state index is 0.356. The Hall–Kier alpha value is -5.40. The molecule has 1 aromatic heterocycles. The van der Waals surface area contributed by atoms with E-state index in [0.717, 1.165) is 56.7 Å². The third-order valence-corrected chi connectivity index (χ3v) is 11.1. The van der Waals surface area contributed by atoms with Crippen LogP contribution in [0.4, 0.5) is 0 Å². The molecule has 0 spiro atoms. The van der Waals surface area contributed by atoms with Gasteiger partial charge in [-0.25, -0.2) is 15.0 Å². The number of nitrogens with zero attached hydrogens (tertiary/aromatic N) is 4. The zero-order valence-electron chi connectivity index (χ0n) is 26.9. The highest BCUT2D eigenvalue weighted by Gasteiger charge is 2.51. The lowest BCUT2D eigenvalue weighted by Crippen LogP contribution is -2.48. The zero-order valence-corrected chi connectivity index (χ0v) is 26.9. The van der Waals surface area contributed by atoms with Crippen LogP contribution in [-0.4, -0.2) is 15.0 Å². The Balaban J connectivity index is 1.14. The lowest BCUT2D eigenvalue weighted by molar-refractivity contribution is -0.00518. The Labute approximate surface area is 282 Å². The largest absolute Gasteiger partial charge is 0.208 e. The number of hydrogen-bond donors (Lipinski definition) is 0. The monoisotopic (exact) mass is 620 g/mol. The van der Waals surface area contributed by atoms with Gasteiger partial charge in [-0.05, 0) is 108 Å². The smallest absolute Gasteiger partial charge is 0.164 e. The van der Waals surface area contributed by atoms with Crippen molar-refractivity contribution in [2.24, 2.45) is 17.8 Å². The van der Waals surface area contributed by atoms with E-state index in [1.165, 1.54) is 44.1 Å². The molecule has 6 aromatic rings. The van der Waals surface area contributed by atoms with Crippen molar-refractivity contribution in [3.8, 4) is 62.5 Å². The molecule has 4 aliphatic rings. The summed E-state index contributed by atoms with van der Waals surface area (Å²) >= 11 is 0. The fourth-order valence-corrected chi connectivity index (χ4v) is 9.30. The van der Waals surface area contributed by atoms with E-state index in [4.69, 9.17) is 15.0 Å². The second-order valence-electron chi connectivity index (χ2n) is 14.3. The average Bonchev–Trinajstić information content (AvgIpc) is 3.15. The summed E-state index contributed by atoms with van der Waals surface area (Å²) in [6, 6.07) is 46.3. The number of aromatic nitrogens is 3.